The predicted molar refractivity (Wildman–Crippen MR) is 96.5 cm³/mol. The molecular formula is C19H17F3N2S. The minimum atomic E-state index is -4.39. The predicted octanol–water partition coefficient (Wildman–Crippen LogP) is 6.50. The van der Waals surface area contributed by atoms with Crippen LogP contribution in [0.3, 0.4) is 0 Å². The summed E-state index contributed by atoms with van der Waals surface area (Å²) in [4.78, 5) is 4.16. The van der Waals surface area contributed by atoms with Gasteiger partial charge in [0.2, 0.25) is 0 Å². The zero-order chi connectivity index (χ0) is 18.2. The molecule has 1 N–H and O–H groups in total. The van der Waals surface area contributed by atoms with E-state index in [9.17, 15) is 13.2 Å². The molecule has 0 amide bonds. The van der Waals surface area contributed by atoms with Gasteiger partial charge in [0.05, 0.1) is 5.56 Å². The van der Waals surface area contributed by atoms with Crippen LogP contribution in [0.15, 0.2) is 41.9 Å². The fourth-order valence-corrected chi connectivity index (χ4v) is 3.58. The number of thiazole rings is 1. The van der Waals surface area contributed by atoms with Crippen LogP contribution in [0.2, 0.25) is 0 Å². The van der Waals surface area contributed by atoms with Gasteiger partial charge in [0, 0.05) is 22.8 Å². The molecule has 0 bridgehead atoms. The summed E-state index contributed by atoms with van der Waals surface area (Å²) in [7, 11) is 0. The zero-order valence-corrected chi connectivity index (χ0v) is 14.8. The van der Waals surface area contributed by atoms with E-state index in [0.717, 1.165) is 28.3 Å². The summed E-state index contributed by atoms with van der Waals surface area (Å²) in [6.45, 7) is 5.82. The minimum absolute atomic E-state index is 0.528. The third-order valence-electron chi connectivity index (χ3n) is 3.97. The first-order chi connectivity index (χ1) is 11.8. The van der Waals surface area contributed by atoms with Crippen LogP contribution in [0.5, 0.6) is 0 Å². The normalized spacial score (nSPS) is 11.6. The van der Waals surface area contributed by atoms with Crippen LogP contribution in [-0.4, -0.2) is 4.98 Å². The third-order valence-corrected chi connectivity index (χ3v) is 4.66. The van der Waals surface area contributed by atoms with E-state index in [1.807, 2.05) is 38.3 Å². The van der Waals surface area contributed by atoms with Crippen molar-refractivity contribution < 1.29 is 13.2 Å². The van der Waals surface area contributed by atoms with Crippen molar-refractivity contribution >= 4 is 22.2 Å². The van der Waals surface area contributed by atoms with E-state index in [1.54, 1.807) is 6.20 Å². The quantitative estimate of drug-likeness (QED) is 0.575. The number of halogens is 3. The summed E-state index contributed by atoms with van der Waals surface area (Å²) in [5.74, 6) is 0. The van der Waals surface area contributed by atoms with Gasteiger partial charge in [-0.05, 0) is 55.7 Å². The van der Waals surface area contributed by atoms with Crippen molar-refractivity contribution in [1.82, 2.24) is 4.98 Å². The first kappa shape index (κ1) is 17.5. The fraction of sp³-hybridized carbons (Fsp3) is 0.211. The van der Waals surface area contributed by atoms with Crippen molar-refractivity contribution in [1.29, 1.82) is 0 Å². The Labute approximate surface area is 148 Å². The van der Waals surface area contributed by atoms with E-state index in [0.29, 0.717) is 16.4 Å². The standard InChI is InChI=1S/C19H17F3N2S/c1-11-8-12(2)17(13(3)9-11)15-10-14(19(20,21)22)4-5-16(15)24-18-23-6-7-25-18/h4-10H,1-3H3,(H,23,24). The Morgan fingerprint density at radius 3 is 2.24 bits per heavy atom. The van der Waals surface area contributed by atoms with Gasteiger partial charge in [0.25, 0.3) is 0 Å². The first-order valence-electron chi connectivity index (χ1n) is 7.71. The van der Waals surface area contributed by atoms with Gasteiger partial charge in [-0.25, -0.2) is 4.98 Å². The monoisotopic (exact) mass is 362 g/mol. The molecule has 0 radical (unpaired) electrons. The molecule has 130 valence electrons. The Morgan fingerprint density at radius 1 is 1.00 bits per heavy atom. The van der Waals surface area contributed by atoms with E-state index >= 15 is 0 Å². The summed E-state index contributed by atoms with van der Waals surface area (Å²) < 4.78 is 39.7. The number of alkyl halides is 3. The molecule has 0 saturated heterocycles. The second kappa shape index (κ2) is 6.52. The second-order valence-electron chi connectivity index (χ2n) is 5.99. The highest BCUT2D eigenvalue weighted by Crippen LogP contribution is 2.40. The number of hydrogen-bond donors (Lipinski definition) is 1. The van der Waals surface area contributed by atoms with Gasteiger partial charge in [-0.1, -0.05) is 17.7 Å². The van der Waals surface area contributed by atoms with Gasteiger partial charge in [-0.2, -0.15) is 13.2 Å². The highest BCUT2D eigenvalue weighted by molar-refractivity contribution is 7.13. The van der Waals surface area contributed by atoms with Crippen molar-refractivity contribution in [2.24, 2.45) is 0 Å². The molecule has 25 heavy (non-hydrogen) atoms. The van der Waals surface area contributed by atoms with Crippen molar-refractivity contribution in [3.63, 3.8) is 0 Å². The lowest BCUT2D eigenvalue weighted by Crippen LogP contribution is -2.06. The average molecular weight is 362 g/mol. The molecule has 2 nitrogen and oxygen atoms in total. The Bertz CT molecular complexity index is 877. The maximum Gasteiger partial charge on any atom is 0.416 e. The van der Waals surface area contributed by atoms with Crippen molar-refractivity contribution in [3.8, 4) is 11.1 Å². The van der Waals surface area contributed by atoms with E-state index in [2.05, 4.69) is 10.3 Å². The number of rotatable bonds is 3. The molecule has 0 saturated carbocycles. The molecule has 0 atom stereocenters. The summed E-state index contributed by atoms with van der Waals surface area (Å²) in [5.41, 5.74) is 4.26. The van der Waals surface area contributed by atoms with Gasteiger partial charge < -0.3 is 5.32 Å². The van der Waals surface area contributed by atoms with Crippen molar-refractivity contribution in [2.45, 2.75) is 26.9 Å². The smallest absolute Gasteiger partial charge is 0.331 e. The largest absolute Gasteiger partial charge is 0.416 e. The Morgan fingerprint density at radius 2 is 1.68 bits per heavy atom. The molecule has 0 unspecified atom stereocenters. The fourth-order valence-electron chi connectivity index (χ4n) is 3.04. The number of aromatic nitrogens is 1. The van der Waals surface area contributed by atoms with E-state index in [1.165, 1.54) is 23.5 Å². The molecule has 3 rings (SSSR count). The third kappa shape index (κ3) is 3.69. The van der Waals surface area contributed by atoms with Crippen LogP contribution in [0, 0.1) is 20.8 Å². The van der Waals surface area contributed by atoms with Crippen LogP contribution < -0.4 is 5.32 Å². The molecule has 6 heteroatoms. The highest BCUT2D eigenvalue weighted by atomic mass is 32.1. The molecular weight excluding hydrogens is 345 g/mol. The SMILES string of the molecule is Cc1cc(C)c(-c2cc(C(F)(F)F)ccc2Nc2nccs2)c(C)c1. The second-order valence-corrected chi connectivity index (χ2v) is 6.89. The molecule has 0 aliphatic rings. The van der Waals surface area contributed by atoms with Crippen LogP contribution >= 0.6 is 11.3 Å². The lowest BCUT2D eigenvalue weighted by atomic mass is 9.91. The molecule has 1 heterocycles. The average Bonchev–Trinajstić information content (AvgIpc) is 2.99. The highest BCUT2D eigenvalue weighted by Gasteiger charge is 2.31. The van der Waals surface area contributed by atoms with Gasteiger partial charge >= 0.3 is 6.18 Å². The zero-order valence-electron chi connectivity index (χ0n) is 14.0. The van der Waals surface area contributed by atoms with Gasteiger partial charge in [0.1, 0.15) is 0 Å². The summed E-state index contributed by atoms with van der Waals surface area (Å²) in [5, 5.41) is 5.59. The molecule has 0 aliphatic carbocycles. The number of aryl methyl sites for hydroxylation is 3. The molecule has 3 aromatic rings. The number of benzene rings is 2. The summed E-state index contributed by atoms with van der Waals surface area (Å²) in [6, 6.07) is 7.74. The molecule has 2 aromatic carbocycles. The topological polar surface area (TPSA) is 24.9 Å². The van der Waals surface area contributed by atoms with Gasteiger partial charge in [-0.15, -0.1) is 11.3 Å². The van der Waals surface area contributed by atoms with Crippen LogP contribution in [0.1, 0.15) is 22.3 Å². The minimum Gasteiger partial charge on any atom is -0.331 e. The molecule has 0 aliphatic heterocycles. The van der Waals surface area contributed by atoms with Gasteiger partial charge in [-0.3, -0.25) is 0 Å². The van der Waals surface area contributed by atoms with E-state index < -0.39 is 11.7 Å². The van der Waals surface area contributed by atoms with Crippen molar-refractivity contribution in [2.75, 3.05) is 5.32 Å². The Kier molecular flexibility index (Phi) is 4.56. The lowest BCUT2D eigenvalue weighted by molar-refractivity contribution is -0.137. The van der Waals surface area contributed by atoms with Crippen LogP contribution in [0.4, 0.5) is 24.0 Å². The summed E-state index contributed by atoms with van der Waals surface area (Å²) >= 11 is 1.40. The van der Waals surface area contributed by atoms with Crippen molar-refractivity contribution in [3.05, 3.63) is 64.2 Å². The first-order valence-corrected chi connectivity index (χ1v) is 8.59. The number of nitrogens with one attached hydrogen (secondary N) is 1. The number of nitrogens with zero attached hydrogens (tertiary/aromatic N) is 1. The Balaban J connectivity index is 2.21. The molecule has 0 fully saturated rings. The Hall–Kier alpha value is -2.34. The maximum atomic E-state index is 13.2. The van der Waals surface area contributed by atoms with Gasteiger partial charge in [0.15, 0.2) is 5.13 Å². The molecule has 0 spiro atoms. The van der Waals surface area contributed by atoms with Crippen LogP contribution in [-0.2, 0) is 6.18 Å². The van der Waals surface area contributed by atoms with Crippen LogP contribution in [0.25, 0.3) is 11.1 Å². The van der Waals surface area contributed by atoms with E-state index in [4.69, 9.17) is 0 Å². The van der Waals surface area contributed by atoms with E-state index in [-0.39, 0.29) is 0 Å². The maximum absolute atomic E-state index is 13.2. The molecule has 1 aromatic heterocycles. The number of hydrogen-bond acceptors (Lipinski definition) is 3. The number of anilines is 2. The lowest BCUT2D eigenvalue weighted by Gasteiger charge is -2.18. The summed E-state index contributed by atoms with van der Waals surface area (Å²) in [6.07, 6.45) is -2.74.